The Morgan fingerprint density at radius 2 is 2.15 bits per heavy atom. The second kappa shape index (κ2) is 6.24. The summed E-state index contributed by atoms with van der Waals surface area (Å²) < 4.78 is 26.8. The lowest BCUT2D eigenvalue weighted by molar-refractivity contribution is 0.249. The Morgan fingerprint density at radius 3 is 2.70 bits per heavy atom. The molecule has 6 nitrogen and oxygen atoms in total. The number of aromatic nitrogens is 2. The maximum Gasteiger partial charge on any atom is 0.262 e. The van der Waals surface area contributed by atoms with Crippen molar-refractivity contribution in [3.63, 3.8) is 0 Å². The Hall–Kier alpha value is -0.920. The standard InChI is InChI=1S/C13H24N4O2S/c1-4-8-14-9-12-10(2)15-16-13(12)20(18,19)17(3)11-6-5-7-11/h11,14H,4-9H2,1-3H3,(H,15,16). The topological polar surface area (TPSA) is 78.1 Å². The van der Waals surface area contributed by atoms with Gasteiger partial charge >= 0.3 is 0 Å². The van der Waals surface area contributed by atoms with Crippen LogP contribution in [0.3, 0.4) is 0 Å². The summed E-state index contributed by atoms with van der Waals surface area (Å²) in [6.07, 6.45) is 4.01. The normalized spacial score (nSPS) is 16.6. The first-order valence-electron chi connectivity index (χ1n) is 7.21. The summed E-state index contributed by atoms with van der Waals surface area (Å²) in [6, 6.07) is 0.133. The Balaban J connectivity index is 2.22. The van der Waals surface area contributed by atoms with E-state index < -0.39 is 10.0 Å². The molecule has 0 atom stereocenters. The highest BCUT2D eigenvalue weighted by molar-refractivity contribution is 7.89. The molecule has 1 aliphatic rings. The number of H-pyrrole nitrogens is 1. The fourth-order valence-corrected chi connectivity index (χ4v) is 3.90. The summed E-state index contributed by atoms with van der Waals surface area (Å²) in [7, 11) is -1.84. The molecule has 0 aliphatic heterocycles. The molecule has 7 heteroatoms. The molecule has 0 saturated heterocycles. The second-order valence-corrected chi connectivity index (χ2v) is 7.33. The largest absolute Gasteiger partial charge is 0.313 e. The van der Waals surface area contributed by atoms with E-state index in [1.807, 2.05) is 6.92 Å². The first-order chi connectivity index (χ1) is 9.48. The van der Waals surface area contributed by atoms with Crippen molar-refractivity contribution in [2.45, 2.75) is 57.1 Å². The van der Waals surface area contributed by atoms with Gasteiger partial charge in [0.25, 0.3) is 10.0 Å². The molecule has 1 saturated carbocycles. The van der Waals surface area contributed by atoms with Crippen LogP contribution in [0.5, 0.6) is 0 Å². The van der Waals surface area contributed by atoms with Crippen molar-refractivity contribution in [1.29, 1.82) is 0 Å². The van der Waals surface area contributed by atoms with Crippen molar-refractivity contribution in [1.82, 2.24) is 19.8 Å². The van der Waals surface area contributed by atoms with Crippen molar-refractivity contribution < 1.29 is 8.42 Å². The third kappa shape index (κ3) is 2.89. The molecule has 2 N–H and O–H groups in total. The van der Waals surface area contributed by atoms with E-state index in [1.54, 1.807) is 7.05 Å². The predicted octanol–water partition coefficient (Wildman–Crippen LogP) is 1.39. The van der Waals surface area contributed by atoms with Gasteiger partial charge in [-0.25, -0.2) is 8.42 Å². The average Bonchev–Trinajstić information content (AvgIpc) is 2.70. The van der Waals surface area contributed by atoms with E-state index >= 15 is 0 Å². The first kappa shape index (κ1) is 15.5. The van der Waals surface area contributed by atoms with Gasteiger partial charge in [-0.2, -0.15) is 9.40 Å². The van der Waals surface area contributed by atoms with Gasteiger partial charge in [0.15, 0.2) is 5.03 Å². The smallest absolute Gasteiger partial charge is 0.262 e. The van der Waals surface area contributed by atoms with Gasteiger partial charge in [-0.15, -0.1) is 0 Å². The highest BCUT2D eigenvalue weighted by Gasteiger charge is 2.35. The number of rotatable bonds is 7. The summed E-state index contributed by atoms with van der Waals surface area (Å²) in [5.74, 6) is 0. The quantitative estimate of drug-likeness (QED) is 0.746. The summed E-state index contributed by atoms with van der Waals surface area (Å²) >= 11 is 0. The Morgan fingerprint density at radius 1 is 1.45 bits per heavy atom. The minimum atomic E-state index is -3.50. The van der Waals surface area contributed by atoms with Gasteiger partial charge in [0, 0.05) is 30.9 Å². The zero-order chi connectivity index (χ0) is 14.8. The van der Waals surface area contributed by atoms with Crippen LogP contribution in [0.4, 0.5) is 0 Å². The number of sulfonamides is 1. The first-order valence-corrected chi connectivity index (χ1v) is 8.65. The minimum Gasteiger partial charge on any atom is -0.313 e. The lowest BCUT2D eigenvalue weighted by Crippen LogP contribution is -2.41. The van der Waals surface area contributed by atoms with Crippen molar-refractivity contribution >= 4 is 10.0 Å². The molecule has 0 unspecified atom stereocenters. The molecular weight excluding hydrogens is 276 g/mol. The van der Waals surface area contributed by atoms with Crippen LogP contribution >= 0.6 is 0 Å². The number of aryl methyl sites for hydroxylation is 1. The third-order valence-electron chi connectivity index (χ3n) is 3.98. The maximum atomic E-state index is 12.6. The molecule has 1 aromatic heterocycles. The highest BCUT2D eigenvalue weighted by Crippen LogP contribution is 2.29. The summed E-state index contributed by atoms with van der Waals surface area (Å²) in [5, 5.41) is 10.3. The molecule has 2 rings (SSSR count). The molecule has 0 radical (unpaired) electrons. The van der Waals surface area contributed by atoms with E-state index in [4.69, 9.17) is 0 Å². The van der Waals surface area contributed by atoms with Crippen LogP contribution in [-0.4, -0.2) is 42.6 Å². The van der Waals surface area contributed by atoms with Crippen LogP contribution in [0.25, 0.3) is 0 Å². The second-order valence-electron chi connectivity index (χ2n) is 5.42. The van der Waals surface area contributed by atoms with Crippen LogP contribution < -0.4 is 5.32 Å². The van der Waals surface area contributed by atoms with Crippen LogP contribution in [-0.2, 0) is 16.6 Å². The van der Waals surface area contributed by atoms with Gasteiger partial charge in [-0.3, -0.25) is 5.10 Å². The van der Waals surface area contributed by atoms with Crippen molar-refractivity contribution in [2.75, 3.05) is 13.6 Å². The van der Waals surface area contributed by atoms with Gasteiger partial charge in [0.05, 0.1) is 0 Å². The van der Waals surface area contributed by atoms with E-state index in [0.29, 0.717) is 6.54 Å². The zero-order valence-corrected chi connectivity index (χ0v) is 13.3. The van der Waals surface area contributed by atoms with Gasteiger partial charge in [0.1, 0.15) is 0 Å². The van der Waals surface area contributed by atoms with Crippen LogP contribution in [0.1, 0.15) is 43.9 Å². The Bertz CT molecular complexity index is 549. The van der Waals surface area contributed by atoms with Crippen LogP contribution in [0.15, 0.2) is 5.03 Å². The molecule has 0 spiro atoms. The van der Waals surface area contributed by atoms with E-state index in [1.165, 1.54) is 4.31 Å². The SMILES string of the molecule is CCCNCc1c(S(=O)(=O)N(C)C2CCC2)n[nH]c1C. The number of nitrogens with zero attached hydrogens (tertiary/aromatic N) is 2. The lowest BCUT2D eigenvalue weighted by Gasteiger charge is -2.33. The number of hydrogen-bond donors (Lipinski definition) is 2. The molecule has 1 fully saturated rings. The molecule has 20 heavy (non-hydrogen) atoms. The Kier molecular flexibility index (Phi) is 4.82. The number of aromatic amines is 1. The van der Waals surface area contributed by atoms with Crippen molar-refractivity contribution in [3.05, 3.63) is 11.3 Å². The maximum absolute atomic E-state index is 12.6. The highest BCUT2D eigenvalue weighted by atomic mass is 32.2. The van der Waals surface area contributed by atoms with Crippen molar-refractivity contribution in [3.8, 4) is 0 Å². The van der Waals surface area contributed by atoms with E-state index in [9.17, 15) is 8.42 Å². The molecular formula is C13H24N4O2S. The van der Waals surface area contributed by atoms with E-state index in [0.717, 1.165) is 43.5 Å². The van der Waals surface area contributed by atoms with Crippen LogP contribution in [0.2, 0.25) is 0 Å². The number of hydrogen-bond acceptors (Lipinski definition) is 4. The molecule has 1 aromatic rings. The molecule has 0 bridgehead atoms. The molecule has 0 amide bonds. The van der Waals surface area contributed by atoms with Gasteiger partial charge < -0.3 is 5.32 Å². The zero-order valence-electron chi connectivity index (χ0n) is 12.4. The molecule has 1 heterocycles. The van der Waals surface area contributed by atoms with Gasteiger partial charge in [-0.05, 0) is 32.7 Å². The van der Waals surface area contributed by atoms with Gasteiger partial charge in [0.2, 0.25) is 0 Å². The summed E-state index contributed by atoms with van der Waals surface area (Å²) in [4.78, 5) is 0. The minimum absolute atomic E-state index is 0.133. The fraction of sp³-hybridized carbons (Fsp3) is 0.769. The summed E-state index contributed by atoms with van der Waals surface area (Å²) in [5.41, 5.74) is 1.57. The predicted molar refractivity (Wildman–Crippen MR) is 77.9 cm³/mol. The third-order valence-corrected chi connectivity index (χ3v) is 5.86. The van der Waals surface area contributed by atoms with E-state index in [-0.39, 0.29) is 11.1 Å². The Labute approximate surface area is 121 Å². The molecule has 0 aromatic carbocycles. The van der Waals surface area contributed by atoms with Crippen LogP contribution in [0, 0.1) is 6.92 Å². The fourth-order valence-electron chi connectivity index (χ4n) is 2.32. The monoisotopic (exact) mass is 300 g/mol. The molecule has 1 aliphatic carbocycles. The number of nitrogens with one attached hydrogen (secondary N) is 2. The molecule has 114 valence electrons. The van der Waals surface area contributed by atoms with Crippen molar-refractivity contribution in [2.24, 2.45) is 0 Å². The average molecular weight is 300 g/mol. The van der Waals surface area contributed by atoms with Gasteiger partial charge in [-0.1, -0.05) is 13.3 Å². The summed E-state index contributed by atoms with van der Waals surface area (Å²) in [6.45, 7) is 5.33. The van der Waals surface area contributed by atoms with E-state index in [2.05, 4.69) is 22.4 Å². The lowest BCUT2D eigenvalue weighted by atomic mass is 9.94.